The summed E-state index contributed by atoms with van der Waals surface area (Å²) >= 11 is 0. The molecule has 3 aromatic rings. The first-order chi connectivity index (χ1) is 15.7. The Kier molecular flexibility index (Phi) is 5.27. The number of rotatable bonds is 3. The Balaban J connectivity index is 1.26. The molecule has 7 nitrogen and oxygen atoms in total. The molecule has 4 heterocycles. The van der Waals surface area contributed by atoms with E-state index in [4.69, 9.17) is 9.84 Å². The molecule has 2 N–H and O–H groups in total. The number of carbonyl (C=O) groups is 1. The van der Waals surface area contributed by atoms with Gasteiger partial charge in [0.15, 0.2) is 0 Å². The van der Waals surface area contributed by atoms with E-state index >= 15 is 0 Å². The van der Waals surface area contributed by atoms with Gasteiger partial charge in [-0.3, -0.25) is 4.79 Å². The van der Waals surface area contributed by atoms with Gasteiger partial charge >= 0.3 is 12.1 Å². The van der Waals surface area contributed by atoms with Crippen LogP contribution < -0.4 is 4.90 Å². The van der Waals surface area contributed by atoms with Crippen molar-refractivity contribution < 1.29 is 27.8 Å². The first kappa shape index (κ1) is 21.7. The molecule has 10 heteroatoms. The Morgan fingerprint density at radius 2 is 1.97 bits per heavy atom. The molecular formula is C23H23F3N4O3. The van der Waals surface area contributed by atoms with E-state index in [9.17, 15) is 18.0 Å². The molecule has 0 amide bonds. The van der Waals surface area contributed by atoms with E-state index in [-0.39, 0.29) is 12.2 Å². The number of nitrogens with one attached hydrogen (secondary N) is 1. The molecule has 33 heavy (non-hydrogen) atoms. The zero-order chi connectivity index (χ0) is 23.2. The third kappa shape index (κ3) is 4.27. The van der Waals surface area contributed by atoms with E-state index in [1.165, 1.54) is 6.07 Å². The number of anilines is 1. The predicted octanol–water partition coefficient (Wildman–Crippen LogP) is 4.49. The third-order valence-electron chi connectivity index (χ3n) is 6.72. The fourth-order valence-electron chi connectivity index (χ4n) is 4.64. The van der Waals surface area contributed by atoms with Crippen LogP contribution >= 0.6 is 0 Å². The third-order valence-corrected chi connectivity index (χ3v) is 6.72. The second-order valence-corrected chi connectivity index (χ2v) is 8.78. The molecule has 0 saturated carbocycles. The van der Waals surface area contributed by atoms with Crippen LogP contribution in [0.4, 0.5) is 19.0 Å². The Bertz CT molecular complexity index is 1160. The molecule has 2 aromatic heterocycles. The maximum absolute atomic E-state index is 13.0. The topological polar surface area (TPSA) is 91.3 Å². The van der Waals surface area contributed by atoms with Gasteiger partial charge in [0.2, 0.25) is 0 Å². The molecule has 2 fully saturated rings. The van der Waals surface area contributed by atoms with Crippen molar-refractivity contribution in [2.45, 2.75) is 37.5 Å². The van der Waals surface area contributed by atoms with Gasteiger partial charge in [-0.2, -0.15) is 13.2 Å². The number of H-pyrrole nitrogens is 1. The minimum absolute atomic E-state index is 0.244. The summed E-state index contributed by atoms with van der Waals surface area (Å²) in [4.78, 5) is 25.2. The Morgan fingerprint density at radius 3 is 2.58 bits per heavy atom. The number of halogens is 3. The molecule has 0 aliphatic carbocycles. The Morgan fingerprint density at radius 1 is 1.18 bits per heavy atom. The molecule has 5 rings (SSSR count). The van der Waals surface area contributed by atoms with E-state index in [0.717, 1.165) is 50.3 Å². The van der Waals surface area contributed by atoms with Crippen molar-refractivity contribution in [3.63, 3.8) is 0 Å². The molecule has 1 aromatic carbocycles. The number of fused-ring (bicyclic) bond motifs is 1. The van der Waals surface area contributed by atoms with Crippen LogP contribution in [0.3, 0.4) is 0 Å². The monoisotopic (exact) mass is 460 g/mol. The Labute approximate surface area is 187 Å². The van der Waals surface area contributed by atoms with Gasteiger partial charge in [-0.15, -0.1) is 0 Å². The average molecular weight is 460 g/mol. The molecular weight excluding hydrogens is 437 g/mol. The van der Waals surface area contributed by atoms with Crippen LogP contribution in [0, 0.1) is 5.92 Å². The molecule has 2 aliphatic heterocycles. The number of nitrogens with zero attached hydrogens (tertiary/aromatic N) is 3. The van der Waals surface area contributed by atoms with Gasteiger partial charge in [-0.25, -0.2) is 9.97 Å². The summed E-state index contributed by atoms with van der Waals surface area (Å²) in [6.07, 6.45) is 0.283. The van der Waals surface area contributed by atoms with E-state index in [1.807, 2.05) is 12.1 Å². The number of aliphatic carboxylic acids is 1. The highest BCUT2D eigenvalue weighted by molar-refractivity contribution is 5.80. The lowest BCUT2D eigenvalue weighted by atomic mass is 9.82. The van der Waals surface area contributed by atoms with Crippen LogP contribution in [0.25, 0.3) is 22.4 Å². The lowest BCUT2D eigenvalue weighted by Crippen LogP contribution is -2.50. The van der Waals surface area contributed by atoms with E-state index in [2.05, 4.69) is 19.9 Å². The number of aromatic amines is 1. The zero-order valence-corrected chi connectivity index (χ0v) is 17.7. The van der Waals surface area contributed by atoms with Crippen molar-refractivity contribution in [2.24, 2.45) is 5.92 Å². The maximum Gasteiger partial charge on any atom is 0.416 e. The predicted molar refractivity (Wildman–Crippen MR) is 115 cm³/mol. The van der Waals surface area contributed by atoms with Crippen molar-refractivity contribution in [1.29, 1.82) is 0 Å². The highest BCUT2D eigenvalue weighted by Crippen LogP contribution is 2.38. The fourth-order valence-corrected chi connectivity index (χ4v) is 4.64. The molecule has 2 aliphatic rings. The molecule has 174 valence electrons. The van der Waals surface area contributed by atoms with Crippen molar-refractivity contribution >= 4 is 22.8 Å². The highest BCUT2D eigenvalue weighted by Gasteiger charge is 2.41. The van der Waals surface area contributed by atoms with Crippen molar-refractivity contribution in [3.05, 3.63) is 42.1 Å². The van der Waals surface area contributed by atoms with Gasteiger partial charge in [-0.1, -0.05) is 0 Å². The van der Waals surface area contributed by atoms with Gasteiger partial charge in [0, 0.05) is 24.8 Å². The van der Waals surface area contributed by atoms with Gasteiger partial charge < -0.3 is 19.7 Å². The number of carboxylic acids is 1. The minimum Gasteiger partial charge on any atom is -0.481 e. The molecule has 0 unspecified atom stereocenters. The zero-order valence-electron chi connectivity index (χ0n) is 17.7. The number of piperidine rings is 1. The number of ether oxygens (including phenoxy) is 1. The highest BCUT2D eigenvalue weighted by atomic mass is 19.4. The standard InChI is InChI=1S/C23H23F3N4O3/c24-23(25,26)16-2-3-17-18(11-16)29-20(28-17)14-1-4-19(27-12-14)30-9-7-22(8-10-30)6-5-15(13-33-22)21(31)32/h1-4,11-12,15H,5-10,13H2,(H,28,29)(H,31,32)/t15-/m1/s1. The van der Waals surface area contributed by atoms with Gasteiger partial charge in [0.1, 0.15) is 11.6 Å². The van der Waals surface area contributed by atoms with Crippen LogP contribution in [0.2, 0.25) is 0 Å². The largest absolute Gasteiger partial charge is 0.481 e. The molecule has 1 spiro atoms. The van der Waals surface area contributed by atoms with Gasteiger partial charge in [0.25, 0.3) is 0 Å². The minimum atomic E-state index is -4.41. The van der Waals surface area contributed by atoms with E-state index in [0.29, 0.717) is 28.8 Å². The SMILES string of the molecule is O=C(O)[C@@H]1CCC2(CCN(c3ccc(-c4nc5ccc(C(F)(F)F)cc5[nH]4)cn3)CC2)OC1. The van der Waals surface area contributed by atoms with Crippen LogP contribution in [-0.4, -0.2) is 51.3 Å². The summed E-state index contributed by atoms with van der Waals surface area (Å²) in [5.74, 6) is 0.0610. The van der Waals surface area contributed by atoms with Crippen LogP contribution in [-0.2, 0) is 15.7 Å². The number of hydrogen-bond donors (Lipinski definition) is 2. The van der Waals surface area contributed by atoms with Crippen LogP contribution in [0.5, 0.6) is 0 Å². The molecule has 1 atom stereocenters. The van der Waals surface area contributed by atoms with E-state index in [1.54, 1.807) is 6.20 Å². The summed E-state index contributed by atoms with van der Waals surface area (Å²) in [5, 5.41) is 9.16. The smallest absolute Gasteiger partial charge is 0.416 e. The summed E-state index contributed by atoms with van der Waals surface area (Å²) in [6, 6.07) is 7.17. The number of benzene rings is 1. The average Bonchev–Trinajstić information content (AvgIpc) is 3.23. The van der Waals surface area contributed by atoms with Gasteiger partial charge in [-0.05, 0) is 56.0 Å². The maximum atomic E-state index is 13.0. The van der Waals surface area contributed by atoms with Crippen molar-refractivity contribution in [1.82, 2.24) is 15.0 Å². The first-order valence-electron chi connectivity index (χ1n) is 10.9. The van der Waals surface area contributed by atoms with Crippen LogP contribution in [0.15, 0.2) is 36.5 Å². The summed E-state index contributed by atoms with van der Waals surface area (Å²) in [6.45, 7) is 1.79. The second-order valence-electron chi connectivity index (χ2n) is 8.78. The number of pyridine rings is 1. The van der Waals surface area contributed by atoms with Crippen molar-refractivity contribution in [3.8, 4) is 11.4 Å². The van der Waals surface area contributed by atoms with Crippen LogP contribution in [0.1, 0.15) is 31.2 Å². The quantitative estimate of drug-likeness (QED) is 0.598. The second kappa shape index (κ2) is 8.02. The van der Waals surface area contributed by atoms with E-state index < -0.39 is 23.6 Å². The summed E-state index contributed by atoms with van der Waals surface area (Å²) in [7, 11) is 0. The lowest BCUT2D eigenvalue weighted by Gasteiger charge is -2.45. The molecule has 0 radical (unpaired) electrons. The van der Waals surface area contributed by atoms with Gasteiger partial charge in [0.05, 0.1) is 34.7 Å². The molecule has 0 bridgehead atoms. The molecule has 2 saturated heterocycles. The number of alkyl halides is 3. The number of carboxylic acid groups (broad SMARTS) is 1. The lowest BCUT2D eigenvalue weighted by molar-refractivity contribution is -0.158. The first-order valence-corrected chi connectivity index (χ1v) is 10.9. The number of imidazole rings is 1. The summed E-state index contributed by atoms with van der Waals surface area (Å²) < 4.78 is 44.8. The number of hydrogen-bond acceptors (Lipinski definition) is 5. The number of aromatic nitrogens is 3. The Hall–Kier alpha value is -3.14. The fraction of sp³-hybridized carbons (Fsp3) is 0.435. The summed E-state index contributed by atoms with van der Waals surface area (Å²) in [5.41, 5.74) is 0.504. The normalized spacial score (nSPS) is 20.9. The van der Waals surface area contributed by atoms with Crippen molar-refractivity contribution in [2.75, 3.05) is 24.6 Å².